The Kier molecular flexibility index (Phi) is 6.18. The summed E-state index contributed by atoms with van der Waals surface area (Å²) in [6, 6.07) is 0. The molecule has 1 N–H and O–H groups in total. The molecule has 0 bridgehead atoms. The number of ketones is 1. The van der Waals surface area contributed by atoms with Crippen molar-refractivity contribution in [2.24, 2.45) is 11.8 Å². The standard InChI is InChI=1S/C12H18O5S/c1-8(13)17-6-9-2-3-11(14)10(9)7-18-5-4-12(15)16/h9-10H,2-7H2,1H3,(H,15,16)/t9-,10-/m0/s1. The Morgan fingerprint density at radius 2 is 2.22 bits per heavy atom. The Bertz CT molecular complexity index is 328. The largest absolute Gasteiger partial charge is 0.481 e. The molecule has 0 radical (unpaired) electrons. The van der Waals surface area contributed by atoms with Crippen molar-refractivity contribution in [3.8, 4) is 0 Å². The van der Waals surface area contributed by atoms with E-state index in [1.807, 2.05) is 0 Å². The molecule has 1 aliphatic carbocycles. The van der Waals surface area contributed by atoms with Gasteiger partial charge in [0.1, 0.15) is 5.78 Å². The van der Waals surface area contributed by atoms with E-state index in [4.69, 9.17) is 9.84 Å². The third kappa shape index (κ3) is 5.08. The Morgan fingerprint density at radius 1 is 1.50 bits per heavy atom. The molecule has 18 heavy (non-hydrogen) atoms. The number of aliphatic carboxylic acids is 1. The first-order valence-corrected chi connectivity index (χ1v) is 7.11. The molecule has 0 aromatic heterocycles. The van der Waals surface area contributed by atoms with Crippen LogP contribution in [-0.4, -0.2) is 40.9 Å². The van der Waals surface area contributed by atoms with Crippen molar-refractivity contribution < 1.29 is 24.2 Å². The Morgan fingerprint density at radius 3 is 2.83 bits per heavy atom. The fourth-order valence-corrected chi connectivity index (χ4v) is 3.20. The molecule has 6 heteroatoms. The van der Waals surface area contributed by atoms with E-state index in [1.165, 1.54) is 18.7 Å². The first-order chi connectivity index (χ1) is 8.50. The second-order valence-corrected chi connectivity index (χ2v) is 5.54. The predicted molar refractivity (Wildman–Crippen MR) is 67.4 cm³/mol. The number of carboxylic acid groups (broad SMARTS) is 1. The lowest BCUT2D eigenvalue weighted by Crippen LogP contribution is -2.22. The number of Topliss-reactive ketones (excluding diaryl/α,β-unsaturated/α-hetero) is 1. The van der Waals surface area contributed by atoms with Crippen LogP contribution in [0, 0.1) is 11.8 Å². The molecule has 2 atom stereocenters. The molecule has 0 aliphatic heterocycles. The van der Waals surface area contributed by atoms with E-state index >= 15 is 0 Å². The highest BCUT2D eigenvalue weighted by atomic mass is 32.2. The van der Waals surface area contributed by atoms with Crippen LogP contribution in [-0.2, 0) is 19.1 Å². The molecule has 0 amide bonds. The molecule has 1 aliphatic rings. The molecule has 1 rings (SSSR count). The number of carboxylic acids is 1. The lowest BCUT2D eigenvalue weighted by molar-refractivity contribution is -0.143. The molecular weight excluding hydrogens is 256 g/mol. The van der Waals surface area contributed by atoms with Gasteiger partial charge in [0.15, 0.2) is 0 Å². The summed E-state index contributed by atoms with van der Waals surface area (Å²) in [6.07, 6.45) is 1.41. The minimum absolute atomic E-state index is 0.0943. The molecular formula is C12H18O5S. The second kappa shape index (κ2) is 7.41. The Labute approximate surface area is 110 Å². The van der Waals surface area contributed by atoms with Gasteiger partial charge < -0.3 is 9.84 Å². The van der Waals surface area contributed by atoms with Crippen LogP contribution < -0.4 is 0 Å². The van der Waals surface area contributed by atoms with E-state index in [0.29, 0.717) is 24.5 Å². The zero-order valence-electron chi connectivity index (χ0n) is 10.4. The van der Waals surface area contributed by atoms with Crippen LogP contribution in [0.3, 0.4) is 0 Å². The van der Waals surface area contributed by atoms with Crippen molar-refractivity contribution in [3.05, 3.63) is 0 Å². The molecule has 0 heterocycles. The normalized spacial score (nSPS) is 23.1. The van der Waals surface area contributed by atoms with Crippen LogP contribution in [0.15, 0.2) is 0 Å². The maximum Gasteiger partial charge on any atom is 0.304 e. The third-order valence-electron chi connectivity index (χ3n) is 3.00. The van der Waals surface area contributed by atoms with Crippen molar-refractivity contribution >= 4 is 29.5 Å². The molecule has 0 aromatic carbocycles. The Hall–Kier alpha value is -1.04. The molecule has 0 aromatic rings. The van der Waals surface area contributed by atoms with Crippen LogP contribution in [0.25, 0.3) is 0 Å². The minimum atomic E-state index is -0.822. The first kappa shape index (κ1) is 15.0. The van der Waals surface area contributed by atoms with E-state index in [0.717, 1.165) is 6.42 Å². The van der Waals surface area contributed by atoms with Crippen molar-refractivity contribution in [2.75, 3.05) is 18.1 Å². The van der Waals surface area contributed by atoms with Gasteiger partial charge in [-0.2, -0.15) is 11.8 Å². The van der Waals surface area contributed by atoms with Gasteiger partial charge in [-0.1, -0.05) is 0 Å². The SMILES string of the molecule is CC(=O)OC[C@@H]1CCC(=O)[C@H]1CSCCC(=O)O. The zero-order valence-corrected chi connectivity index (χ0v) is 11.2. The number of hydrogen-bond acceptors (Lipinski definition) is 5. The summed E-state index contributed by atoms with van der Waals surface area (Å²) in [5, 5.41) is 8.52. The van der Waals surface area contributed by atoms with Gasteiger partial charge in [0.25, 0.3) is 0 Å². The topological polar surface area (TPSA) is 80.7 Å². The molecule has 0 saturated heterocycles. The maximum atomic E-state index is 11.7. The first-order valence-electron chi connectivity index (χ1n) is 5.96. The quantitative estimate of drug-likeness (QED) is 0.557. The smallest absolute Gasteiger partial charge is 0.304 e. The van der Waals surface area contributed by atoms with E-state index < -0.39 is 5.97 Å². The number of thioether (sulfide) groups is 1. The van der Waals surface area contributed by atoms with Gasteiger partial charge in [-0.05, 0) is 6.42 Å². The van der Waals surface area contributed by atoms with Crippen LogP contribution in [0.5, 0.6) is 0 Å². The highest BCUT2D eigenvalue weighted by Gasteiger charge is 2.34. The molecule has 102 valence electrons. The molecule has 1 fully saturated rings. The molecule has 0 unspecified atom stereocenters. The van der Waals surface area contributed by atoms with Crippen molar-refractivity contribution in [1.82, 2.24) is 0 Å². The monoisotopic (exact) mass is 274 g/mol. The fourth-order valence-electron chi connectivity index (χ4n) is 2.00. The number of carbonyl (C=O) groups excluding carboxylic acids is 2. The number of hydrogen-bond donors (Lipinski definition) is 1. The summed E-state index contributed by atoms with van der Waals surface area (Å²) in [7, 11) is 0. The van der Waals surface area contributed by atoms with E-state index in [9.17, 15) is 14.4 Å². The summed E-state index contributed by atoms with van der Waals surface area (Å²) >= 11 is 1.48. The summed E-state index contributed by atoms with van der Waals surface area (Å²) in [5.41, 5.74) is 0. The number of rotatable bonds is 7. The predicted octanol–water partition coefficient (Wildman–Crippen LogP) is 1.35. The van der Waals surface area contributed by atoms with Gasteiger partial charge in [0.2, 0.25) is 0 Å². The average Bonchev–Trinajstić information content (AvgIpc) is 2.63. The Balaban J connectivity index is 2.32. The number of esters is 1. The van der Waals surface area contributed by atoms with Gasteiger partial charge >= 0.3 is 11.9 Å². The van der Waals surface area contributed by atoms with Crippen molar-refractivity contribution in [2.45, 2.75) is 26.2 Å². The minimum Gasteiger partial charge on any atom is -0.481 e. The van der Waals surface area contributed by atoms with Crippen LogP contribution in [0.4, 0.5) is 0 Å². The van der Waals surface area contributed by atoms with Gasteiger partial charge in [-0.25, -0.2) is 0 Å². The summed E-state index contributed by atoms with van der Waals surface area (Å²) in [6.45, 7) is 1.65. The zero-order chi connectivity index (χ0) is 13.5. The lowest BCUT2D eigenvalue weighted by atomic mass is 9.98. The second-order valence-electron chi connectivity index (χ2n) is 4.39. The van der Waals surface area contributed by atoms with E-state index in [-0.39, 0.29) is 30.0 Å². The average molecular weight is 274 g/mol. The highest BCUT2D eigenvalue weighted by molar-refractivity contribution is 7.99. The van der Waals surface area contributed by atoms with Crippen molar-refractivity contribution in [3.63, 3.8) is 0 Å². The number of carbonyl (C=O) groups is 3. The van der Waals surface area contributed by atoms with E-state index in [1.54, 1.807) is 0 Å². The van der Waals surface area contributed by atoms with Crippen LogP contribution >= 0.6 is 11.8 Å². The van der Waals surface area contributed by atoms with Gasteiger partial charge in [-0.15, -0.1) is 0 Å². The summed E-state index contributed by atoms with van der Waals surface area (Å²) in [5.74, 6) is 0.192. The maximum absolute atomic E-state index is 11.7. The van der Waals surface area contributed by atoms with Crippen molar-refractivity contribution in [1.29, 1.82) is 0 Å². The lowest BCUT2D eigenvalue weighted by Gasteiger charge is -2.17. The summed E-state index contributed by atoms with van der Waals surface area (Å²) < 4.78 is 4.95. The fraction of sp³-hybridized carbons (Fsp3) is 0.750. The van der Waals surface area contributed by atoms with Gasteiger partial charge in [0, 0.05) is 36.7 Å². The third-order valence-corrected chi connectivity index (χ3v) is 4.09. The van der Waals surface area contributed by atoms with Crippen LogP contribution in [0.2, 0.25) is 0 Å². The van der Waals surface area contributed by atoms with E-state index in [2.05, 4.69) is 0 Å². The number of ether oxygens (including phenoxy) is 1. The van der Waals surface area contributed by atoms with Gasteiger partial charge in [-0.3, -0.25) is 14.4 Å². The highest BCUT2D eigenvalue weighted by Crippen LogP contribution is 2.31. The van der Waals surface area contributed by atoms with Crippen LogP contribution in [0.1, 0.15) is 26.2 Å². The summed E-state index contributed by atoms with van der Waals surface area (Å²) in [4.78, 5) is 32.8. The molecule has 0 spiro atoms. The molecule has 1 saturated carbocycles. The molecule has 5 nitrogen and oxygen atoms in total. The van der Waals surface area contributed by atoms with Gasteiger partial charge in [0.05, 0.1) is 13.0 Å².